The van der Waals surface area contributed by atoms with Gasteiger partial charge in [-0.05, 0) is 30.9 Å². The maximum Gasteiger partial charge on any atom is 0.412 e. The fourth-order valence-corrected chi connectivity index (χ4v) is 4.03. The van der Waals surface area contributed by atoms with Crippen molar-refractivity contribution in [2.24, 2.45) is 4.99 Å². The van der Waals surface area contributed by atoms with Gasteiger partial charge in [-0.15, -0.1) is 0 Å². The molecule has 1 rings (SSSR count). The molecule has 0 fully saturated rings. The summed E-state index contributed by atoms with van der Waals surface area (Å²) in [5.74, 6) is 0. The molecule has 0 aromatic carbocycles. The molecule has 0 aromatic heterocycles. The minimum atomic E-state index is -4.37. The summed E-state index contributed by atoms with van der Waals surface area (Å²) in [4.78, 5) is 3.65. The second kappa shape index (κ2) is 6.97. The van der Waals surface area contributed by atoms with Gasteiger partial charge in [-0.1, -0.05) is 11.8 Å². The van der Waals surface area contributed by atoms with E-state index in [4.69, 9.17) is 21.7 Å². The molecule has 2 atom stereocenters. The van der Waals surface area contributed by atoms with Gasteiger partial charge in [-0.25, -0.2) is 0 Å². The first kappa shape index (κ1) is 16.1. The monoisotopic (exact) mass is 319 g/mol. The zero-order valence-electron chi connectivity index (χ0n) is 9.69. The van der Waals surface area contributed by atoms with E-state index in [0.717, 1.165) is 23.5 Å². The molecule has 0 amide bonds. The van der Waals surface area contributed by atoms with Crippen LogP contribution in [0, 0.1) is 0 Å². The average molecular weight is 319 g/mol. The number of alkyl halides is 3. The first-order valence-corrected chi connectivity index (χ1v) is 7.13. The highest BCUT2D eigenvalue weighted by molar-refractivity contribution is 8.47. The summed E-state index contributed by atoms with van der Waals surface area (Å²) in [5, 5.41) is -0.762. The minimum absolute atomic E-state index is 0.0101. The van der Waals surface area contributed by atoms with Gasteiger partial charge in [0.05, 0.1) is 18.5 Å². The molecule has 2 unspecified atom stereocenters. The van der Waals surface area contributed by atoms with Crippen molar-refractivity contribution in [3.63, 3.8) is 0 Å². The summed E-state index contributed by atoms with van der Waals surface area (Å²) < 4.78 is 48.5. The zero-order chi connectivity index (χ0) is 13.8. The number of hydrogen-bond acceptors (Lipinski definition) is 6. The van der Waals surface area contributed by atoms with E-state index in [1.165, 1.54) is 7.11 Å². The lowest BCUT2D eigenvalue weighted by atomic mass is 10.2. The van der Waals surface area contributed by atoms with Gasteiger partial charge in [-0.2, -0.15) is 13.2 Å². The Kier molecular flexibility index (Phi) is 6.22. The Morgan fingerprint density at radius 2 is 2.22 bits per heavy atom. The Labute approximate surface area is 117 Å². The lowest BCUT2D eigenvalue weighted by molar-refractivity contribution is -0.147. The maximum absolute atomic E-state index is 12.7. The van der Waals surface area contributed by atoms with E-state index in [1.54, 1.807) is 6.92 Å². The van der Waals surface area contributed by atoms with E-state index >= 15 is 0 Å². The highest BCUT2D eigenvalue weighted by atomic mass is 32.2. The van der Waals surface area contributed by atoms with E-state index in [2.05, 4.69) is 4.99 Å². The molecule has 1 aliphatic rings. The third-order valence-electron chi connectivity index (χ3n) is 1.95. The Balaban J connectivity index is 2.69. The molecule has 0 saturated carbocycles. The quantitative estimate of drug-likeness (QED) is 0.746. The molecule has 18 heavy (non-hydrogen) atoms. The normalized spacial score (nSPS) is 23.9. The van der Waals surface area contributed by atoms with Crippen LogP contribution in [0.4, 0.5) is 13.2 Å². The molecule has 0 aromatic rings. The predicted octanol–water partition coefficient (Wildman–Crippen LogP) is 3.09. The fraction of sp³-hybridized carbons (Fsp3) is 0.778. The van der Waals surface area contributed by atoms with Crippen molar-refractivity contribution >= 4 is 44.5 Å². The first-order valence-electron chi connectivity index (χ1n) is 5.03. The van der Waals surface area contributed by atoms with E-state index in [0.29, 0.717) is 6.61 Å². The van der Waals surface area contributed by atoms with Crippen LogP contribution in [-0.4, -0.2) is 46.6 Å². The molecule has 0 bridgehead atoms. The highest BCUT2D eigenvalue weighted by Gasteiger charge is 2.49. The van der Waals surface area contributed by atoms with E-state index in [-0.39, 0.29) is 15.4 Å². The molecule has 1 aliphatic heterocycles. The third-order valence-corrected chi connectivity index (χ3v) is 4.42. The number of thioether (sulfide) groups is 2. The molecular formula is C9H12F3NO2S3. The number of rotatable bonds is 3. The second-order valence-corrected chi connectivity index (χ2v) is 6.36. The topological polar surface area (TPSA) is 30.8 Å². The lowest BCUT2D eigenvalue weighted by Crippen LogP contribution is -2.36. The first-order chi connectivity index (χ1) is 8.38. The minimum Gasteiger partial charge on any atom is -0.479 e. The van der Waals surface area contributed by atoms with Crippen LogP contribution in [0.2, 0.25) is 0 Å². The summed E-state index contributed by atoms with van der Waals surface area (Å²) in [6, 6.07) is -1.74. The van der Waals surface area contributed by atoms with E-state index < -0.39 is 17.5 Å². The van der Waals surface area contributed by atoms with Crippen LogP contribution in [-0.2, 0) is 9.47 Å². The molecule has 0 saturated heterocycles. The van der Waals surface area contributed by atoms with E-state index in [9.17, 15) is 13.2 Å². The number of thiocarbonyl (C=S) groups is 1. The molecule has 104 valence electrons. The number of aliphatic imine (C=N–C) groups is 1. The van der Waals surface area contributed by atoms with Gasteiger partial charge >= 0.3 is 6.18 Å². The van der Waals surface area contributed by atoms with Gasteiger partial charge in [-0.3, -0.25) is 4.99 Å². The Morgan fingerprint density at radius 1 is 1.56 bits per heavy atom. The molecule has 0 aliphatic carbocycles. The van der Waals surface area contributed by atoms with E-state index in [1.807, 2.05) is 0 Å². The Hall–Kier alpha value is 0.01000. The van der Waals surface area contributed by atoms with Gasteiger partial charge in [0, 0.05) is 7.11 Å². The second-order valence-electron chi connectivity index (χ2n) is 3.28. The average Bonchev–Trinajstić information content (AvgIpc) is 2.61. The van der Waals surface area contributed by atoms with Crippen molar-refractivity contribution < 1.29 is 22.6 Å². The summed E-state index contributed by atoms with van der Waals surface area (Å²) in [5.41, 5.74) is 0. The van der Waals surface area contributed by atoms with Crippen LogP contribution in [0.5, 0.6) is 0 Å². The third kappa shape index (κ3) is 4.60. The van der Waals surface area contributed by atoms with Gasteiger partial charge in [0.25, 0.3) is 0 Å². The van der Waals surface area contributed by atoms with Gasteiger partial charge < -0.3 is 9.47 Å². The summed E-state index contributed by atoms with van der Waals surface area (Å²) in [6.07, 6.45) is -4.37. The van der Waals surface area contributed by atoms with Crippen LogP contribution in [0.3, 0.4) is 0 Å². The largest absolute Gasteiger partial charge is 0.479 e. The predicted molar refractivity (Wildman–Crippen MR) is 72.3 cm³/mol. The highest BCUT2D eigenvalue weighted by Crippen LogP contribution is 2.40. The molecule has 0 N–H and O–H groups in total. The molecule has 0 spiro atoms. The standard InChI is InChI=1S/C9H12F3NO2S3/c1-3-15-8(16)18-7-13-6(9(10,11)12)5(17-7)4-14-2/h5-6H,3-4H2,1-2H3. The molecule has 0 radical (unpaired) electrons. The smallest absolute Gasteiger partial charge is 0.412 e. The maximum atomic E-state index is 12.7. The van der Waals surface area contributed by atoms with Crippen LogP contribution >= 0.6 is 35.7 Å². The lowest BCUT2D eigenvalue weighted by Gasteiger charge is -2.18. The Bertz CT molecular complexity index is 336. The van der Waals surface area contributed by atoms with Crippen molar-refractivity contribution in [1.29, 1.82) is 0 Å². The zero-order valence-corrected chi connectivity index (χ0v) is 12.1. The molecular weight excluding hydrogens is 307 g/mol. The Morgan fingerprint density at radius 3 is 2.72 bits per heavy atom. The number of halogens is 3. The summed E-state index contributed by atoms with van der Waals surface area (Å²) in [6.45, 7) is 2.13. The number of methoxy groups -OCH3 is 1. The van der Waals surface area contributed by atoms with Crippen molar-refractivity contribution in [3.05, 3.63) is 0 Å². The summed E-state index contributed by atoms with van der Waals surface area (Å²) >= 11 is 6.83. The van der Waals surface area contributed by atoms with Gasteiger partial charge in [0.1, 0.15) is 4.38 Å². The van der Waals surface area contributed by atoms with Crippen molar-refractivity contribution in [3.8, 4) is 0 Å². The van der Waals surface area contributed by atoms with Crippen LogP contribution in [0.1, 0.15) is 6.92 Å². The van der Waals surface area contributed by atoms with Crippen LogP contribution in [0.15, 0.2) is 4.99 Å². The molecule has 1 heterocycles. The van der Waals surface area contributed by atoms with Gasteiger partial charge in [0.15, 0.2) is 6.04 Å². The van der Waals surface area contributed by atoms with Crippen molar-refractivity contribution in [1.82, 2.24) is 0 Å². The van der Waals surface area contributed by atoms with Crippen LogP contribution < -0.4 is 0 Å². The van der Waals surface area contributed by atoms with Crippen LogP contribution in [0.25, 0.3) is 0 Å². The summed E-state index contributed by atoms with van der Waals surface area (Å²) in [7, 11) is 1.37. The number of nitrogens with zero attached hydrogens (tertiary/aromatic N) is 1. The number of hydrogen-bond donors (Lipinski definition) is 0. The molecule has 9 heteroatoms. The SMILES string of the molecule is CCOC(=S)SC1=NC(C(F)(F)F)C(COC)S1. The van der Waals surface area contributed by atoms with Crippen molar-refractivity contribution in [2.45, 2.75) is 24.4 Å². The van der Waals surface area contributed by atoms with Crippen molar-refractivity contribution in [2.75, 3.05) is 20.3 Å². The van der Waals surface area contributed by atoms with Gasteiger partial charge in [0.2, 0.25) is 4.38 Å². The number of ether oxygens (including phenoxy) is 2. The fourth-order valence-electron chi connectivity index (χ4n) is 1.26. The molecule has 3 nitrogen and oxygen atoms in total.